The summed E-state index contributed by atoms with van der Waals surface area (Å²) in [5, 5.41) is 4.79. The zero-order valence-electron chi connectivity index (χ0n) is 12.5. The van der Waals surface area contributed by atoms with Crippen LogP contribution in [0.5, 0.6) is 5.75 Å². The first-order valence-electron chi connectivity index (χ1n) is 7.15. The van der Waals surface area contributed by atoms with Gasteiger partial charge in [0, 0.05) is 31.3 Å². The van der Waals surface area contributed by atoms with Gasteiger partial charge in [-0.25, -0.2) is 0 Å². The first kappa shape index (κ1) is 13.7. The summed E-state index contributed by atoms with van der Waals surface area (Å²) in [6.45, 7) is 1.71. The molecule has 0 bridgehead atoms. The van der Waals surface area contributed by atoms with Crippen LogP contribution in [-0.2, 0) is 20.1 Å². The Hall–Kier alpha value is -2.26. The number of para-hydroxylation sites is 1. The van der Waals surface area contributed by atoms with Crippen LogP contribution in [-0.4, -0.2) is 11.7 Å². The van der Waals surface area contributed by atoms with Crippen LogP contribution in [0.1, 0.15) is 11.3 Å². The molecule has 3 nitrogen and oxygen atoms in total. The first-order chi connectivity index (χ1) is 10.3. The summed E-state index contributed by atoms with van der Waals surface area (Å²) in [4.78, 5) is 0. The summed E-state index contributed by atoms with van der Waals surface area (Å²) in [6, 6.07) is 18.9. The number of aryl methyl sites for hydroxylation is 1. The Morgan fingerprint density at radius 1 is 1.00 bits per heavy atom. The maximum absolute atomic E-state index is 5.17. The molecule has 0 amide bonds. The van der Waals surface area contributed by atoms with Crippen molar-refractivity contribution in [3.63, 3.8) is 0 Å². The molecule has 0 radical (unpaired) electrons. The van der Waals surface area contributed by atoms with Crippen LogP contribution in [0.25, 0.3) is 10.9 Å². The van der Waals surface area contributed by atoms with Crippen molar-refractivity contribution in [2.24, 2.45) is 7.05 Å². The van der Waals surface area contributed by atoms with E-state index in [2.05, 4.69) is 59.4 Å². The fraction of sp³-hybridized carbons (Fsp3) is 0.222. The molecular weight excluding hydrogens is 260 g/mol. The van der Waals surface area contributed by atoms with Gasteiger partial charge in [-0.15, -0.1) is 0 Å². The minimum Gasteiger partial charge on any atom is -0.497 e. The molecule has 108 valence electrons. The van der Waals surface area contributed by atoms with Gasteiger partial charge in [0.15, 0.2) is 0 Å². The predicted molar refractivity (Wildman–Crippen MR) is 86.5 cm³/mol. The molecule has 0 fully saturated rings. The number of nitrogens with one attached hydrogen (secondary N) is 1. The van der Waals surface area contributed by atoms with Gasteiger partial charge in [-0.1, -0.05) is 30.3 Å². The standard InChI is InChI=1S/C18H20N2O/c1-20-16(11-15-5-3-4-6-18(15)20)13-19-12-14-7-9-17(21-2)10-8-14/h3-11,19H,12-13H2,1-2H3. The Labute approximate surface area is 125 Å². The molecule has 0 aliphatic rings. The van der Waals surface area contributed by atoms with E-state index in [-0.39, 0.29) is 0 Å². The summed E-state index contributed by atoms with van der Waals surface area (Å²) in [6.07, 6.45) is 0. The number of methoxy groups -OCH3 is 1. The maximum atomic E-state index is 5.17. The van der Waals surface area contributed by atoms with Crippen molar-refractivity contribution in [3.8, 4) is 5.75 Å². The number of fused-ring (bicyclic) bond motifs is 1. The van der Waals surface area contributed by atoms with Crippen LogP contribution in [0, 0.1) is 0 Å². The summed E-state index contributed by atoms with van der Waals surface area (Å²) in [7, 11) is 3.81. The number of benzene rings is 2. The monoisotopic (exact) mass is 280 g/mol. The molecule has 21 heavy (non-hydrogen) atoms. The summed E-state index contributed by atoms with van der Waals surface area (Å²) in [5.41, 5.74) is 3.83. The average Bonchev–Trinajstić information content (AvgIpc) is 2.85. The van der Waals surface area contributed by atoms with Crippen LogP contribution in [0.3, 0.4) is 0 Å². The number of ether oxygens (including phenoxy) is 1. The number of nitrogens with zero attached hydrogens (tertiary/aromatic N) is 1. The summed E-state index contributed by atoms with van der Waals surface area (Å²) < 4.78 is 7.42. The first-order valence-corrected chi connectivity index (χ1v) is 7.15. The lowest BCUT2D eigenvalue weighted by molar-refractivity contribution is 0.414. The molecule has 0 aliphatic heterocycles. The van der Waals surface area contributed by atoms with Crippen LogP contribution < -0.4 is 10.1 Å². The van der Waals surface area contributed by atoms with Gasteiger partial charge in [-0.2, -0.15) is 0 Å². The van der Waals surface area contributed by atoms with Crippen molar-refractivity contribution in [3.05, 3.63) is 65.9 Å². The van der Waals surface area contributed by atoms with Gasteiger partial charge in [0.2, 0.25) is 0 Å². The second kappa shape index (κ2) is 6.02. The van der Waals surface area contributed by atoms with Gasteiger partial charge in [0.05, 0.1) is 7.11 Å². The zero-order chi connectivity index (χ0) is 14.7. The molecule has 3 heteroatoms. The maximum Gasteiger partial charge on any atom is 0.118 e. The third-order valence-corrected chi connectivity index (χ3v) is 3.85. The van der Waals surface area contributed by atoms with Crippen LogP contribution >= 0.6 is 0 Å². The van der Waals surface area contributed by atoms with E-state index in [1.165, 1.54) is 22.2 Å². The highest BCUT2D eigenvalue weighted by molar-refractivity contribution is 5.81. The average molecular weight is 280 g/mol. The highest BCUT2D eigenvalue weighted by atomic mass is 16.5. The molecule has 0 saturated heterocycles. The van der Waals surface area contributed by atoms with Gasteiger partial charge in [0.1, 0.15) is 5.75 Å². The van der Waals surface area contributed by atoms with E-state index >= 15 is 0 Å². The Kier molecular flexibility index (Phi) is 3.93. The lowest BCUT2D eigenvalue weighted by Gasteiger charge is -2.07. The second-order valence-electron chi connectivity index (χ2n) is 5.21. The zero-order valence-corrected chi connectivity index (χ0v) is 12.5. The van der Waals surface area contributed by atoms with Crippen molar-refractivity contribution < 1.29 is 4.74 Å². The Morgan fingerprint density at radius 3 is 2.48 bits per heavy atom. The minimum absolute atomic E-state index is 0.853. The molecule has 0 saturated carbocycles. The van der Waals surface area contributed by atoms with Gasteiger partial charge < -0.3 is 14.6 Å². The van der Waals surface area contributed by atoms with Crippen molar-refractivity contribution in [1.29, 1.82) is 0 Å². The molecule has 3 rings (SSSR count). The van der Waals surface area contributed by atoms with E-state index in [0.717, 1.165) is 18.8 Å². The lowest BCUT2D eigenvalue weighted by atomic mass is 10.2. The normalized spacial score (nSPS) is 11.0. The topological polar surface area (TPSA) is 26.2 Å². The quantitative estimate of drug-likeness (QED) is 0.774. The number of aromatic nitrogens is 1. The molecule has 1 aromatic heterocycles. The minimum atomic E-state index is 0.853. The Morgan fingerprint density at radius 2 is 1.76 bits per heavy atom. The lowest BCUT2D eigenvalue weighted by Crippen LogP contribution is -2.14. The molecule has 0 unspecified atom stereocenters. The largest absolute Gasteiger partial charge is 0.497 e. The van der Waals surface area contributed by atoms with Crippen LogP contribution in [0.2, 0.25) is 0 Å². The van der Waals surface area contributed by atoms with Crippen molar-refractivity contribution in [2.75, 3.05) is 7.11 Å². The van der Waals surface area contributed by atoms with E-state index in [1.54, 1.807) is 7.11 Å². The number of hydrogen-bond donors (Lipinski definition) is 1. The van der Waals surface area contributed by atoms with Crippen molar-refractivity contribution in [2.45, 2.75) is 13.1 Å². The summed E-state index contributed by atoms with van der Waals surface area (Å²) in [5.74, 6) is 0.896. The second-order valence-corrected chi connectivity index (χ2v) is 5.21. The smallest absolute Gasteiger partial charge is 0.118 e. The van der Waals surface area contributed by atoms with Gasteiger partial charge in [-0.3, -0.25) is 0 Å². The molecule has 3 aromatic rings. The Balaban J connectivity index is 1.64. The third-order valence-electron chi connectivity index (χ3n) is 3.85. The summed E-state index contributed by atoms with van der Waals surface area (Å²) >= 11 is 0. The van der Waals surface area contributed by atoms with E-state index in [0.29, 0.717) is 0 Å². The van der Waals surface area contributed by atoms with Crippen LogP contribution in [0.15, 0.2) is 54.6 Å². The number of rotatable bonds is 5. The van der Waals surface area contributed by atoms with E-state index < -0.39 is 0 Å². The third kappa shape index (κ3) is 2.93. The van der Waals surface area contributed by atoms with E-state index in [9.17, 15) is 0 Å². The van der Waals surface area contributed by atoms with Crippen LogP contribution in [0.4, 0.5) is 0 Å². The molecular formula is C18H20N2O. The molecule has 2 aromatic carbocycles. The molecule has 0 aliphatic carbocycles. The Bertz CT molecular complexity index is 729. The van der Waals surface area contributed by atoms with Gasteiger partial charge in [0.25, 0.3) is 0 Å². The van der Waals surface area contributed by atoms with Crippen molar-refractivity contribution in [1.82, 2.24) is 9.88 Å². The highest BCUT2D eigenvalue weighted by Gasteiger charge is 2.04. The molecule has 0 spiro atoms. The van der Waals surface area contributed by atoms with Crippen molar-refractivity contribution >= 4 is 10.9 Å². The highest BCUT2D eigenvalue weighted by Crippen LogP contribution is 2.18. The molecule has 1 heterocycles. The fourth-order valence-electron chi connectivity index (χ4n) is 2.59. The van der Waals surface area contributed by atoms with E-state index in [1.807, 2.05) is 12.1 Å². The van der Waals surface area contributed by atoms with Gasteiger partial charge >= 0.3 is 0 Å². The molecule has 0 atom stereocenters. The SMILES string of the molecule is COc1ccc(CNCc2cc3ccccc3n2C)cc1. The van der Waals surface area contributed by atoms with E-state index in [4.69, 9.17) is 4.74 Å². The van der Waals surface area contributed by atoms with Gasteiger partial charge in [-0.05, 0) is 35.2 Å². The number of hydrogen-bond acceptors (Lipinski definition) is 2. The fourth-order valence-corrected chi connectivity index (χ4v) is 2.59. The molecule has 1 N–H and O–H groups in total. The predicted octanol–water partition coefficient (Wildman–Crippen LogP) is 3.48.